The zero-order valence-electron chi connectivity index (χ0n) is 15.3. The lowest BCUT2D eigenvalue weighted by molar-refractivity contribution is -0.147. The molecule has 1 atom stereocenters. The number of hydrogen-bond donors (Lipinski definition) is 0. The average Bonchev–Trinajstić information content (AvgIpc) is 3.04. The molecule has 0 N–H and O–H groups in total. The van der Waals surface area contributed by atoms with Crippen molar-refractivity contribution in [3.8, 4) is 11.8 Å². The molecule has 3 rings (SSSR count). The van der Waals surface area contributed by atoms with Gasteiger partial charge in [-0.25, -0.2) is 0 Å². The zero-order chi connectivity index (χ0) is 18.5. The first kappa shape index (κ1) is 17.8. The number of fused-ring (bicyclic) bond motifs is 1. The second-order valence-electron chi connectivity index (χ2n) is 6.40. The van der Waals surface area contributed by atoms with Crippen LogP contribution in [0.4, 0.5) is 0 Å². The maximum Gasteiger partial charge on any atom is 0.309 e. The third kappa shape index (κ3) is 4.15. The SMILES string of the molecule is CCOC(=O)C(C)Cc1cc2c(C#Cc3ccc(C)cc3)cccc2o1. The highest BCUT2D eigenvalue weighted by atomic mass is 16.5. The van der Waals surface area contributed by atoms with Crippen molar-refractivity contribution < 1.29 is 13.9 Å². The topological polar surface area (TPSA) is 39.4 Å². The maximum absolute atomic E-state index is 11.8. The first-order valence-corrected chi connectivity index (χ1v) is 8.83. The van der Waals surface area contributed by atoms with Crippen LogP contribution in [0.3, 0.4) is 0 Å². The Morgan fingerprint density at radius 1 is 1.15 bits per heavy atom. The highest BCUT2D eigenvalue weighted by Gasteiger charge is 2.17. The number of carbonyl (C=O) groups excluding carboxylic acids is 1. The second-order valence-corrected chi connectivity index (χ2v) is 6.40. The molecule has 0 aliphatic carbocycles. The Kier molecular flexibility index (Phi) is 5.43. The van der Waals surface area contributed by atoms with Crippen LogP contribution >= 0.6 is 0 Å². The molecule has 0 spiro atoms. The summed E-state index contributed by atoms with van der Waals surface area (Å²) in [6, 6.07) is 16.0. The van der Waals surface area contributed by atoms with Gasteiger partial charge in [-0.3, -0.25) is 4.79 Å². The second kappa shape index (κ2) is 7.93. The van der Waals surface area contributed by atoms with Crippen LogP contribution in [0.1, 0.15) is 36.3 Å². The first-order chi connectivity index (χ1) is 12.6. The molecule has 0 aliphatic heterocycles. The number of benzene rings is 2. The van der Waals surface area contributed by atoms with Crippen molar-refractivity contribution in [2.75, 3.05) is 6.61 Å². The van der Waals surface area contributed by atoms with Crippen molar-refractivity contribution in [3.05, 3.63) is 71.0 Å². The number of aryl methyl sites for hydroxylation is 1. The highest BCUT2D eigenvalue weighted by molar-refractivity contribution is 5.85. The van der Waals surface area contributed by atoms with Crippen LogP contribution in [0.2, 0.25) is 0 Å². The van der Waals surface area contributed by atoms with E-state index >= 15 is 0 Å². The Hall–Kier alpha value is -2.99. The quantitative estimate of drug-likeness (QED) is 0.499. The van der Waals surface area contributed by atoms with E-state index < -0.39 is 0 Å². The fraction of sp³-hybridized carbons (Fsp3) is 0.261. The number of carbonyl (C=O) groups is 1. The van der Waals surface area contributed by atoms with Gasteiger partial charge in [0, 0.05) is 22.9 Å². The highest BCUT2D eigenvalue weighted by Crippen LogP contribution is 2.24. The van der Waals surface area contributed by atoms with Crippen LogP contribution < -0.4 is 0 Å². The van der Waals surface area contributed by atoms with Crippen LogP contribution in [0, 0.1) is 24.7 Å². The Labute approximate surface area is 154 Å². The number of rotatable bonds is 4. The summed E-state index contributed by atoms with van der Waals surface area (Å²) < 4.78 is 11.0. The molecule has 2 aromatic carbocycles. The van der Waals surface area contributed by atoms with Crippen molar-refractivity contribution in [2.45, 2.75) is 27.2 Å². The van der Waals surface area contributed by atoms with Crippen LogP contribution in [0.15, 0.2) is 52.9 Å². The molecule has 0 bridgehead atoms. The van der Waals surface area contributed by atoms with Gasteiger partial charge in [0.15, 0.2) is 0 Å². The normalized spacial score (nSPS) is 11.7. The molecule has 132 valence electrons. The van der Waals surface area contributed by atoms with E-state index in [0.717, 1.165) is 27.9 Å². The van der Waals surface area contributed by atoms with Gasteiger partial charge in [0.05, 0.1) is 12.5 Å². The van der Waals surface area contributed by atoms with Crippen molar-refractivity contribution >= 4 is 16.9 Å². The summed E-state index contributed by atoms with van der Waals surface area (Å²) in [4.78, 5) is 11.8. The summed E-state index contributed by atoms with van der Waals surface area (Å²) in [6.07, 6.45) is 0.512. The molecule has 1 aromatic heterocycles. The van der Waals surface area contributed by atoms with Gasteiger partial charge in [0.1, 0.15) is 11.3 Å². The minimum Gasteiger partial charge on any atom is -0.466 e. The predicted octanol–water partition coefficient (Wildman–Crippen LogP) is 4.88. The Balaban J connectivity index is 1.86. The molecule has 1 unspecified atom stereocenters. The van der Waals surface area contributed by atoms with Gasteiger partial charge in [0.25, 0.3) is 0 Å². The van der Waals surface area contributed by atoms with E-state index in [2.05, 4.69) is 30.9 Å². The van der Waals surface area contributed by atoms with E-state index in [-0.39, 0.29) is 11.9 Å². The molecule has 0 aliphatic rings. The van der Waals surface area contributed by atoms with Gasteiger partial charge in [-0.2, -0.15) is 0 Å². The van der Waals surface area contributed by atoms with Crippen molar-refractivity contribution in [2.24, 2.45) is 5.92 Å². The van der Waals surface area contributed by atoms with E-state index in [1.54, 1.807) is 0 Å². The molecule has 3 nitrogen and oxygen atoms in total. The molecule has 3 heteroatoms. The summed E-state index contributed by atoms with van der Waals surface area (Å²) >= 11 is 0. The summed E-state index contributed by atoms with van der Waals surface area (Å²) in [7, 11) is 0. The number of hydrogen-bond acceptors (Lipinski definition) is 3. The van der Waals surface area contributed by atoms with Crippen molar-refractivity contribution in [1.82, 2.24) is 0 Å². The molecule has 0 amide bonds. The van der Waals surface area contributed by atoms with Gasteiger partial charge in [-0.05, 0) is 44.2 Å². The van der Waals surface area contributed by atoms with Gasteiger partial charge < -0.3 is 9.15 Å². The van der Waals surface area contributed by atoms with Crippen LogP contribution in [0.25, 0.3) is 11.0 Å². The van der Waals surface area contributed by atoms with E-state index in [1.165, 1.54) is 5.56 Å². The third-order valence-electron chi connectivity index (χ3n) is 4.20. The van der Waals surface area contributed by atoms with E-state index in [1.807, 2.05) is 50.2 Å². The molecule has 0 radical (unpaired) electrons. The predicted molar refractivity (Wildman–Crippen MR) is 103 cm³/mol. The van der Waals surface area contributed by atoms with Gasteiger partial charge >= 0.3 is 5.97 Å². The van der Waals surface area contributed by atoms with Gasteiger partial charge in [0.2, 0.25) is 0 Å². The van der Waals surface area contributed by atoms with E-state index in [0.29, 0.717) is 13.0 Å². The third-order valence-corrected chi connectivity index (χ3v) is 4.20. The lowest BCUT2D eigenvalue weighted by Crippen LogP contribution is -2.16. The van der Waals surface area contributed by atoms with E-state index in [9.17, 15) is 4.79 Å². The monoisotopic (exact) mass is 346 g/mol. The molecule has 1 heterocycles. The summed E-state index contributed by atoms with van der Waals surface area (Å²) in [5.41, 5.74) is 3.90. The minimum absolute atomic E-state index is 0.202. The molecule has 3 aromatic rings. The molecular formula is C23H22O3. The molecule has 0 fully saturated rings. The largest absolute Gasteiger partial charge is 0.466 e. The molecule has 0 saturated heterocycles. The average molecular weight is 346 g/mol. The Bertz CT molecular complexity index is 968. The van der Waals surface area contributed by atoms with Crippen LogP contribution in [0.5, 0.6) is 0 Å². The molecular weight excluding hydrogens is 324 g/mol. The van der Waals surface area contributed by atoms with E-state index in [4.69, 9.17) is 9.15 Å². The fourth-order valence-electron chi connectivity index (χ4n) is 2.77. The lowest BCUT2D eigenvalue weighted by Gasteiger charge is -2.07. The lowest BCUT2D eigenvalue weighted by atomic mass is 10.1. The van der Waals surface area contributed by atoms with Gasteiger partial charge in [-0.1, -0.05) is 42.5 Å². The fourth-order valence-corrected chi connectivity index (χ4v) is 2.77. The zero-order valence-corrected chi connectivity index (χ0v) is 15.3. The smallest absolute Gasteiger partial charge is 0.309 e. The Morgan fingerprint density at radius 3 is 2.65 bits per heavy atom. The van der Waals surface area contributed by atoms with Crippen molar-refractivity contribution in [1.29, 1.82) is 0 Å². The Morgan fingerprint density at radius 2 is 1.92 bits per heavy atom. The number of furan rings is 1. The van der Waals surface area contributed by atoms with Crippen LogP contribution in [-0.2, 0) is 16.0 Å². The number of esters is 1. The summed E-state index contributed by atoms with van der Waals surface area (Å²) in [5.74, 6) is 6.76. The summed E-state index contributed by atoms with van der Waals surface area (Å²) in [6.45, 7) is 6.11. The summed E-state index contributed by atoms with van der Waals surface area (Å²) in [5, 5.41) is 0.971. The van der Waals surface area contributed by atoms with Gasteiger partial charge in [-0.15, -0.1) is 0 Å². The standard InChI is InChI=1S/C23H22O3/c1-4-25-23(24)17(3)14-20-15-21-19(6-5-7-22(21)26-20)13-12-18-10-8-16(2)9-11-18/h5-11,15,17H,4,14H2,1-3H3. The minimum atomic E-state index is -0.238. The first-order valence-electron chi connectivity index (χ1n) is 8.83. The van der Waals surface area contributed by atoms with Crippen molar-refractivity contribution in [3.63, 3.8) is 0 Å². The number of ether oxygens (including phenoxy) is 1. The van der Waals surface area contributed by atoms with Crippen LogP contribution in [-0.4, -0.2) is 12.6 Å². The molecule has 26 heavy (non-hydrogen) atoms. The molecule has 0 saturated carbocycles. The maximum atomic E-state index is 11.8.